The van der Waals surface area contributed by atoms with Crippen LogP contribution in [-0.2, 0) is 11.2 Å². The molecule has 0 aliphatic rings. The molecule has 4 heteroatoms. The van der Waals surface area contributed by atoms with Gasteiger partial charge in [-0.05, 0) is 31.0 Å². The van der Waals surface area contributed by atoms with Crippen molar-refractivity contribution in [3.05, 3.63) is 69.1 Å². The SMILES string of the molecule is C#C[C@@H](Cc1ccccc1)OC(=O)c1c(C)cc(C)[nH]c1=O. The van der Waals surface area contributed by atoms with Crippen LogP contribution in [0.3, 0.4) is 0 Å². The van der Waals surface area contributed by atoms with Gasteiger partial charge in [0.25, 0.3) is 5.56 Å². The normalized spacial score (nSPS) is 11.5. The zero-order valence-corrected chi connectivity index (χ0v) is 12.6. The smallest absolute Gasteiger partial charge is 0.345 e. The van der Waals surface area contributed by atoms with E-state index in [1.807, 2.05) is 30.3 Å². The second kappa shape index (κ2) is 6.77. The van der Waals surface area contributed by atoms with Gasteiger partial charge < -0.3 is 9.72 Å². The van der Waals surface area contributed by atoms with Crippen molar-refractivity contribution >= 4 is 5.97 Å². The van der Waals surface area contributed by atoms with Crippen LogP contribution >= 0.6 is 0 Å². The number of hydrogen-bond donors (Lipinski definition) is 1. The Morgan fingerprint density at radius 3 is 2.59 bits per heavy atom. The number of hydrogen-bond acceptors (Lipinski definition) is 3. The van der Waals surface area contributed by atoms with Crippen LogP contribution in [0.25, 0.3) is 0 Å². The Hall–Kier alpha value is -2.80. The van der Waals surface area contributed by atoms with E-state index in [1.54, 1.807) is 19.9 Å². The quantitative estimate of drug-likeness (QED) is 0.696. The Balaban J connectivity index is 2.17. The van der Waals surface area contributed by atoms with Crippen LogP contribution in [0.4, 0.5) is 0 Å². The molecule has 1 aromatic carbocycles. The van der Waals surface area contributed by atoms with E-state index in [0.29, 0.717) is 17.7 Å². The first kappa shape index (κ1) is 15.6. The molecular weight excluding hydrogens is 278 g/mol. The molecule has 1 aromatic heterocycles. The van der Waals surface area contributed by atoms with Gasteiger partial charge in [0, 0.05) is 12.1 Å². The van der Waals surface area contributed by atoms with Gasteiger partial charge in [0.05, 0.1) is 0 Å². The summed E-state index contributed by atoms with van der Waals surface area (Å²) in [7, 11) is 0. The van der Waals surface area contributed by atoms with Gasteiger partial charge in [-0.15, -0.1) is 6.42 Å². The third kappa shape index (κ3) is 3.64. The fourth-order valence-corrected chi connectivity index (χ4v) is 2.26. The van der Waals surface area contributed by atoms with Gasteiger partial charge in [-0.25, -0.2) is 4.79 Å². The number of aromatic amines is 1. The highest BCUT2D eigenvalue weighted by Crippen LogP contribution is 2.10. The average Bonchev–Trinajstić information content (AvgIpc) is 2.46. The van der Waals surface area contributed by atoms with Crippen LogP contribution in [0.15, 0.2) is 41.2 Å². The molecule has 0 saturated carbocycles. The molecule has 22 heavy (non-hydrogen) atoms. The van der Waals surface area contributed by atoms with Crippen LogP contribution < -0.4 is 5.56 Å². The Labute approximate surface area is 129 Å². The molecule has 2 rings (SSSR count). The van der Waals surface area contributed by atoms with Crippen molar-refractivity contribution in [2.75, 3.05) is 0 Å². The zero-order chi connectivity index (χ0) is 16.1. The lowest BCUT2D eigenvalue weighted by Gasteiger charge is -2.13. The summed E-state index contributed by atoms with van der Waals surface area (Å²) in [6.07, 6.45) is 5.13. The van der Waals surface area contributed by atoms with Crippen molar-refractivity contribution < 1.29 is 9.53 Å². The molecule has 0 unspecified atom stereocenters. The van der Waals surface area contributed by atoms with E-state index in [4.69, 9.17) is 11.2 Å². The molecule has 0 radical (unpaired) electrons. The molecule has 0 aliphatic heterocycles. The second-order valence-corrected chi connectivity index (χ2v) is 5.09. The summed E-state index contributed by atoms with van der Waals surface area (Å²) in [5, 5.41) is 0. The number of rotatable bonds is 4. The van der Waals surface area contributed by atoms with Crippen molar-refractivity contribution in [3.8, 4) is 12.3 Å². The topological polar surface area (TPSA) is 59.2 Å². The van der Waals surface area contributed by atoms with Gasteiger partial charge in [-0.3, -0.25) is 4.79 Å². The van der Waals surface area contributed by atoms with E-state index in [-0.39, 0.29) is 5.56 Å². The first-order valence-corrected chi connectivity index (χ1v) is 6.93. The van der Waals surface area contributed by atoms with E-state index in [0.717, 1.165) is 5.56 Å². The third-order valence-corrected chi connectivity index (χ3v) is 3.27. The van der Waals surface area contributed by atoms with E-state index in [1.165, 1.54) is 0 Å². The molecule has 112 valence electrons. The van der Waals surface area contributed by atoms with Crippen molar-refractivity contribution in [2.45, 2.75) is 26.4 Å². The summed E-state index contributed by atoms with van der Waals surface area (Å²) in [6.45, 7) is 3.45. The number of aryl methyl sites for hydroxylation is 2. The lowest BCUT2D eigenvalue weighted by atomic mass is 10.1. The Morgan fingerprint density at radius 1 is 1.32 bits per heavy atom. The standard InChI is InChI=1S/C18H17NO3/c1-4-15(11-14-8-6-5-7-9-14)22-18(21)16-12(2)10-13(3)19-17(16)20/h1,5-10,15H,11H2,2-3H3,(H,19,20)/t15-/m0/s1. The van der Waals surface area contributed by atoms with Crippen LogP contribution in [0, 0.1) is 26.2 Å². The van der Waals surface area contributed by atoms with Crippen molar-refractivity contribution in [3.63, 3.8) is 0 Å². The lowest BCUT2D eigenvalue weighted by molar-refractivity contribution is 0.0408. The van der Waals surface area contributed by atoms with E-state index < -0.39 is 17.6 Å². The maximum atomic E-state index is 12.2. The maximum Gasteiger partial charge on any atom is 0.345 e. The lowest BCUT2D eigenvalue weighted by Crippen LogP contribution is -2.26. The van der Waals surface area contributed by atoms with E-state index in [9.17, 15) is 9.59 Å². The third-order valence-electron chi connectivity index (χ3n) is 3.27. The molecule has 4 nitrogen and oxygen atoms in total. The summed E-state index contributed by atoms with van der Waals surface area (Å²) in [5.41, 5.74) is 1.77. The average molecular weight is 295 g/mol. The number of aromatic nitrogens is 1. The number of carbonyl (C=O) groups excluding carboxylic acids is 1. The summed E-state index contributed by atoms with van der Waals surface area (Å²) in [4.78, 5) is 26.7. The van der Waals surface area contributed by atoms with E-state index in [2.05, 4.69) is 10.9 Å². The Morgan fingerprint density at radius 2 is 2.00 bits per heavy atom. The minimum atomic E-state index is -0.713. The van der Waals surface area contributed by atoms with Crippen molar-refractivity contribution in [2.24, 2.45) is 0 Å². The maximum absolute atomic E-state index is 12.2. The van der Waals surface area contributed by atoms with Gasteiger partial charge in [-0.1, -0.05) is 36.3 Å². The first-order chi connectivity index (χ1) is 10.5. The molecule has 0 amide bonds. The van der Waals surface area contributed by atoms with Gasteiger partial charge in [0.1, 0.15) is 5.56 Å². The molecular formula is C18H17NO3. The number of esters is 1. The van der Waals surface area contributed by atoms with Gasteiger partial charge in [0.15, 0.2) is 6.10 Å². The molecule has 0 fully saturated rings. The highest BCUT2D eigenvalue weighted by atomic mass is 16.5. The van der Waals surface area contributed by atoms with Crippen LogP contribution in [0.2, 0.25) is 0 Å². The summed E-state index contributed by atoms with van der Waals surface area (Å²) < 4.78 is 5.30. The van der Waals surface area contributed by atoms with Gasteiger partial charge in [0.2, 0.25) is 0 Å². The predicted octanol–water partition coefficient (Wildman–Crippen LogP) is 2.39. The molecule has 1 atom stereocenters. The number of carbonyl (C=O) groups is 1. The highest BCUT2D eigenvalue weighted by Gasteiger charge is 2.19. The Kier molecular flexibility index (Phi) is 4.80. The van der Waals surface area contributed by atoms with Crippen molar-refractivity contribution in [1.82, 2.24) is 4.98 Å². The molecule has 0 bridgehead atoms. The fourth-order valence-electron chi connectivity index (χ4n) is 2.26. The highest BCUT2D eigenvalue weighted by molar-refractivity contribution is 5.90. The fraction of sp³-hybridized carbons (Fsp3) is 0.222. The molecule has 0 aliphatic carbocycles. The zero-order valence-electron chi connectivity index (χ0n) is 12.6. The monoisotopic (exact) mass is 295 g/mol. The van der Waals surface area contributed by atoms with Crippen LogP contribution in [0.1, 0.15) is 27.2 Å². The minimum Gasteiger partial charge on any atom is -0.445 e. The van der Waals surface area contributed by atoms with Gasteiger partial charge in [-0.2, -0.15) is 0 Å². The summed E-state index contributed by atoms with van der Waals surface area (Å²) in [5.74, 6) is 1.75. The second-order valence-electron chi connectivity index (χ2n) is 5.09. The number of H-pyrrole nitrogens is 1. The molecule has 0 spiro atoms. The molecule has 2 aromatic rings. The van der Waals surface area contributed by atoms with E-state index >= 15 is 0 Å². The van der Waals surface area contributed by atoms with Crippen LogP contribution in [-0.4, -0.2) is 17.1 Å². The molecule has 0 saturated heterocycles. The summed E-state index contributed by atoms with van der Waals surface area (Å²) in [6, 6.07) is 11.2. The largest absolute Gasteiger partial charge is 0.445 e. The number of ether oxygens (including phenoxy) is 1. The molecule has 1 heterocycles. The van der Waals surface area contributed by atoms with Crippen molar-refractivity contribution in [1.29, 1.82) is 0 Å². The number of benzene rings is 1. The number of terminal acetylenes is 1. The van der Waals surface area contributed by atoms with Gasteiger partial charge >= 0.3 is 5.97 Å². The van der Waals surface area contributed by atoms with Crippen LogP contribution in [0.5, 0.6) is 0 Å². The minimum absolute atomic E-state index is 0.00101. The summed E-state index contributed by atoms with van der Waals surface area (Å²) >= 11 is 0. The number of pyridine rings is 1. The predicted molar refractivity (Wildman–Crippen MR) is 84.7 cm³/mol. The first-order valence-electron chi connectivity index (χ1n) is 6.93. The number of nitrogens with one attached hydrogen (secondary N) is 1. The Bertz CT molecular complexity index is 769. The molecule has 1 N–H and O–H groups in total.